The standard InChI is InChI=1S/C27H27N3O7/c1-33-11-12-37-26-15-20-19(13-25(26)34-2)27(29-17-28-20)30-21-14-23(32)24(16-22(21)31)36-10-6-9-35-18-7-4-3-5-8-18/h3-5,7-8,13-17H,6,9-12H2,1-2H3,(H,28,29,30). The van der Waals surface area contributed by atoms with Crippen LogP contribution >= 0.6 is 0 Å². The van der Waals surface area contributed by atoms with Crippen molar-refractivity contribution in [1.82, 2.24) is 9.97 Å². The molecule has 1 aromatic heterocycles. The van der Waals surface area contributed by atoms with Crippen molar-refractivity contribution in [2.24, 2.45) is 0 Å². The van der Waals surface area contributed by atoms with Crippen LogP contribution in [0.3, 0.4) is 0 Å². The second-order valence-corrected chi connectivity index (χ2v) is 7.87. The van der Waals surface area contributed by atoms with Gasteiger partial charge >= 0.3 is 0 Å². The Morgan fingerprint density at radius 3 is 2.41 bits per heavy atom. The number of allylic oxidation sites excluding steroid dienone is 2. The molecule has 0 atom stereocenters. The Bertz CT molecular complexity index is 1320. The Labute approximate surface area is 213 Å². The van der Waals surface area contributed by atoms with E-state index in [0.717, 1.165) is 5.75 Å². The maximum Gasteiger partial charge on any atom is 0.222 e. The number of benzene rings is 2. The third-order valence-electron chi connectivity index (χ3n) is 5.32. The van der Waals surface area contributed by atoms with Crippen molar-refractivity contribution in [2.75, 3.05) is 46.0 Å². The minimum Gasteiger partial charge on any atom is -0.493 e. The van der Waals surface area contributed by atoms with Crippen LogP contribution in [-0.2, 0) is 19.1 Å². The zero-order valence-corrected chi connectivity index (χ0v) is 20.6. The Balaban J connectivity index is 1.39. The molecule has 3 aromatic rings. The minimum absolute atomic E-state index is 0.0117. The first-order valence-corrected chi connectivity index (χ1v) is 11.6. The molecule has 0 aliphatic heterocycles. The van der Waals surface area contributed by atoms with E-state index in [9.17, 15) is 9.59 Å². The van der Waals surface area contributed by atoms with Gasteiger partial charge in [-0.25, -0.2) is 9.97 Å². The Morgan fingerprint density at radius 1 is 0.811 bits per heavy atom. The number of hydrogen-bond acceptors (Lipinski definition) is 10. The van der Waals surface area contributed by atoms with Crippen molar-refractivity contribution in [3.8, 4) is 17.2 Å². The third-order valence-corrected chi connectivity index (χ3v) is 5.32. The lowest BCUT2D eigenvalue weighted by atomic mass is 10.1. The largest absolute Gasteiger partial charge is 0.493 e. The highest BCUT2D eigenvalue weighted by Gasteiger charge is 2.23. The lowest BCUT2D eigenvalue weighted by Crippen LogP contribution is -2.20. The molecule has 2 aromatic carbocycles. The van der Waals surface area contributed by atoms with E-state index in [1.165, 1.54) is 25.6 Å². The van der Waals surface area contributed by atoms with Crippen molar-refractivity contribution in [2.45, 2.75) is 6.42 Å². The van der Waals surface area contributed by atoms with Gasteiger partial charge in [-0.05, 0) is 18.2 Å². The highest BCUT2D eigenvalue weighted by atomic mass is 16.5. The number of hydrogen-bond donors (Lipinski definition) is 1. The smallest absolute Gasteiger partial charge is 0.222 e. The van der Waals surface area contributed by atoms with Crippen molar-refractivity contribution in [3.05, 3.63) is 72.4 Å². The predicted octanol–water partition coefficient (Wildman–Crippen LogP) is 3.48. The zero-order valence-electron chi connectivity index (χ0n) is 20.6. The van der Waals surface area contributed by atoms with E-state index in [4.69, 9.17) is 23.7 Å². The van der Waals surface area contributed by atoms with Crippen LogP contribution < -0.4 is 19.5 Å². The number of rotatable bonds is 13. The molecule has 1 aliphatic rings. The first-order valence-electron chi connectivity index (χ1n) is 11.6. The number of methoxy groups -OCH3 is 2. The molecule has 10 heteroatoms. The van der Waals surface area contributed by atoms with Crippen molar-refractivity contribution >= 4 is 28.3 Å². The first kappa shape index (κ1) is 25.6. The Morgan fingerprint density at radius 2 is 1.62 bits per heavy atom. The lowest BCUT2D eigenvalue weighted by Gasteiger charge is -2.16. The van der Waals surface area contributed by atoms with E-state index in [1.807, 2.05) is 30.3 Å². The van der Waals surface area contributed by atoms with Crippen LogP contribution in [0.15, 0.2) is 72.4 Å². The summed E-state index contributed by atoms with van der Waals surface area (Å²) in [4.78, 5) is 33.8. The molecule has 37 heavy (non-hydrogen) atoms. The van der Waals surface area contributed by atoms with Crippen LogP contribution in [-0.4, -0.2) is 62.2 Å². The van der Waals surface area contributed by atoms with Crippen LogP contribution in [0.5, 0.6) is 17.2 Å². The molecule has 192 valence electrons. The molecule has 0 saturated carbocycles. The highest BCUT2D eigenvalue weighted by Crippen LogP contribution is 2.34. The number of ether oxygens (including phenoxy) is 5. The average molecular weight is 506 g/mol. The second-order valence-electron chi connectivity index (χ2n) is 7.87. The molecule has 4 rings (SSSR count). The quantitative estimate of drug-likeness (QED) is 0.273. The van der Waals surface area contributed by atoms with Crippen LogP contribution in [0.25, 0.3) is 10.9 Å². The molecule has 0 spiro atoms. The summed E-state index contributed by atoms with van der Waals surface area (Å²) in [6.07, 6.45) is 4.28. The summed E-state index contributed by atoms with van der Waals surface area (Å²) in [7, 11) is 3.11. The second kappa shape index (κ2) is 12.5. The van der Waals surface area contributed by atoms with E-state index in [0.29, 0.717) is 54.5 Å². The predicted molar refractivity (Wildman–Crippen MR) is 136 cm³/mol. The number of nitrogens with one attached hydrogen (secondary N) is 1. The molecule has 1 N–H and O–H groups in total. The van der Waals surface area contributed by atoms with Crippen molar-refractivity contribution in [3.63, 3.8) is 0 Å². The zero-order chi connectivity index (χ0) is 26.0. The summed E-state index contributed by atoms with van der Waals surface area (Å²) >= 11 is 0. The van der Waals surface area contributed by atoms with Gasteiger partial charge in [0.15, 0.2) is 17.3 Å². The van der Waals surface area contributed by atoms with Crippen LogP contribution in [0, 0.1) is 0 Å². The summed E-state index contributed by atoms with van der Waals surface area (Å²) < 4.78 is 27.3. The fourth-order valence-corrected chi connectivity index (χ4v) is 3.50. The number of carbonyl (C=O) groups excluding carboxylic acids is 2. The maximum atomic E-state index is 12.7. The molecular weight excluding hydrogens is 478 g/mol. The Hall–Kier alpha value is -4.44. The number of carbonyl (C=O) groups is 2. The fraction of sp³-hybridized carbons (Fsp3) is 0.259. The maximum absolute atomic E-state index is 12.7. The van der Waals surface area contributed by atoms with E-state index < -0.39 is 11.6 Å². The van der Waals surface area contributed by atoms with Crippen LogP contribution in [0.1, 0.15) is 6.42 Å². The average Bonchev–Trinajstić information content (AvgIpc) is 2.91. The van der Waals surface area contributed by atoms with Gasteiger partial charge in [0.2, 0.25) is 11.6 Å². The normalized spacial score (nSPS) is 13.1. The third kappa shape index (κ3) is 6.62. The van der Waals surface area contributed by atoms with Crippen LogP contribution in [0.4, 0.5) is 5.82 Å². The summed E-state index contributed by atoms with van der Waals surface area (Å²) in [6.45, 7) is 1.42. The molecule has 0 amide bonds. The topological polar surface area (TPSA) is 118 Å². The minimum atomic E-state index is -0.421. The van der Waals surface area contributed by atoms with Gasteiger partial charge in [0.1, 0.15) is 24.5 Å². The van der Waals surface area contributed by atoms with Crippen LogP contribution in [0.2, 0.25) is 0 Å². The lowest BCUT2D eigenvalue weighted by molar-refractivity contribution is -0.117. The molecule has 0 radical (unpaired) electrons. The highest BCUT2D eigenvalue weighted by molar-refractivity contribution is 6.20. The number of para-hydroxylation sites is 1. The summed E-state index contributed by atoms with van der Waals surface area (Å²) in [5.74, 6) is 1.22. The molecule has 1 heterocycles. The fourth-order valence-electron chi connectivity index (χ4n) is 3.50. The molecule has 0 bridgehead atoms. The summed E-state index contributed by atoms with van der Waals surface area (Å²) in [5, 5.41) is 3.53. The molecule has 1 aliphatic carbocycles. The molecular formula is C27H27N3O7. The van der Waals surface area contributed by atoms with Gasteiger partial charge in [-0.1, -0.05) is 18.2 Å². The summed E-state index contributed by atoms with van der Waals surface area (Å²) in [5.41, 5.74) is 0.641. The number of fused-ring (bicyclic) bond motifs is 1. The number of anilines is 1. The number of nitrogens with zero attached hydrogens (tertiary/aromatic N) is 2. The monoisotopic (exact) mass is 505 g/mol. The summed E-state index contributed by atoms with van der Waals surface area (Å²) in [6, 6.07) is 12.8. The van der Waals surface area contributed by atoms with E-state index in [-0.39, 0.29) is 18.1 Å². The molecule has 0 unspecified atom stereocenters. The number of ketones is 2. The number of aromatic nitrogens is 2. The van der Waals surface area contributed by atoms with Crippen molar-refractivity contribution < 1.29 is 33.3 Å². The Kier molecular flexibility index (Phi) is 8.66. The van der Waals surface area contributed by atoms with E-state index in [2.05, 4.69) is 15.3 Å². The SMILES string of the molecule is COCCOc1cc2ncnc(NC3=CC(=O)C(OCCCOc4ccccc4)=CC3=O)c2cc1OC. The van der Waals surface area contributed by atoms with E-state index in [1.54, 1.807) is 19.2 Å². The van der Waals surface area contributed by atoms with Crippen molar-refractivity contribution in [1.29, 1.82) is 0 Å². The first-order chi connectivity index (χ1) is 18.1. The van der Waals surface area contributed by atoms with Gasteiger partial charge in [0, 0.05) is 37.1 Å². The molecule has 0 saturated heterocycles. The van der Waals surface area contributed by atoms with Gasteiger partial charge in [-0.15, -0.1) is 0 Å². The van der Waals surface area contributed by atoms with Gasteiger partial charge in [0.05, 0.1) is 38.1 Å². The van der Waals surface area contributed by atoms with E-state index >= 15 is 0 Å². The van der Waals surface area contributed by atoms with Gasteiger partial charge in [0.25, 0.3) is 0 Å². The van der Waals surface area contributed by atoms with Gasteiger partial charge < -0.3 is 29.0 Å². The molecule has 0 fully saturated rings. The van der Waals surface area contributed by atoms with Gasteiger partial charge in [-0.2, -0.15) is 0 Å². The van der Waals surface area contributed by atoms with Gasteiger partial charge in [-0.3, -0.25) is 9.59 Å². The molecule has 10 nitrogen and oxygen atoms in total.